The predicted molar refractivity (Wildman–Crippen MR) is 76.3 cm³/mol. The van der Waals surface area contributed by atoms with E-state index < -0.39 is 0 Å². The molecule has 1 saturated heterocycles. The van der Waals surface area contributed by atoms with E-state index in [2.05, 4.69) is 10.5 Å². The number of nitrogens with one attached hydrogen (secondary N) is 1. The van der Waals surface area contributed by atoms with Crippen LogP contribution < -0.4 is 11.1 Å². The van der Waals surface area contributed by atoms with Crippen LogP contribution in [0, 0.1) is 0 Å². The van der Waals surface area contributed by atoms with E-state index in [9.17, 15) is 4.79 Å². The molecule has 1 aromatic rings. The van der Waals surface area contributed by atoms with Gasteiger partial charge in [-0.05, 0) is 30.2 Å². The minimum absolute atomic E-state index is 0.0690. The Morgan fingerprint density at radius 1 is 1.58 bits per heavy atom. The fourth-order valence-electron chi connectivity index (χ4n) is 1.99. The van der Waals surface area contributed by atoms with Crippen LogP contribution in [0.4, 0.5) is 0 Å². The van der Waals surface area contributed by atoms with Gasteiger partial charge in [0.15, 0.2) is 5.84 Å². The average Bonchev–Trinajstić information content (AvgIpc) is 2.98. The number of amides is 1. The molecule has 1 aliphatic heterocycles. The second-order valence-corrected chi connectivity index (χ2v) is 5.72. The monoisotopic (exact) mass is 279 g/mol. The second-order valence-electron chi connectivity index (χ2n) is 4.41. The number of carbonyl (C=O) groups is 1. The lowest BCUT2D eigenvalue weighted by atomic mass is 10.1. The van der Waals surface area contributed by atoms with Gasteiger partial charge < -0.3 is 16.3 Å². The van der Waals surface area contributed by atoms with E-state index in [4.69, 9.17) is 10.9 Å². The van der Waals surface area contributed by atoms with Gasteiger partial charge in [-0.15, -0.1) is 11.8 Å². The molecule has 1 atom stereocenters. The summed E-state index contributed by atoms with van der Waals surface area (Å²) in [5.41, 5.74) is 7.10. The number of rotatable bonds is 4. The van der Waals surface area contributed by atoms with E-state index in [1.165, 1.54) is 0 Å². The SMILES string of the molecule is NC(=NO)c1cccc(CNC(=O)C2CCCS2)c1. The quantitative estimate of drug-likeness (QED) is 0.335. The van der Waals surface area contributed by atoms with E-state index in [-0.39, 0.29) is 17.0 Å². The Hall–Kier alpha value is -1.69. The third-order valence-corrected chi connectivity index (χ3v) is 4.40. The van der Waals surface area contributed by atoms with E-state index in [0.717, 1.165) is 24.2 Å². The topological polar surface area (TPSA) is 87.7 Å². The molecule has 4 N–H and O–H groups in total. The van der Waals surface area contributed by atoms with Crippen LogP contribution in [0.1, 0.15) is 24.0 Å². The van der Waals surface area contributed by atoms with Crippen LogP contribution in [0.5, 0.6) is 0 Å². The molecule has 1 fully saturated rings. The Bertz CT molecular complexity index is 485. The number of nitrogens with zero attached hydrogens (tertiary/aromatic N) is 1. The summed E-state index contributed by atoms with van der Waals surface area (Å²) in [4.78, 5) is 11.9. The molecule has 0 aromatic heterocycles. The first-order valence-corrected chi connectivity index (χ1v) is 7.21. The van der Waals surface area contributed by atoms with Crippen molar-refractivity contribution in [2.24, 2.45) is 10.9 Å². The molecule has 1 amide bonds. The van der Waals surface area contributed by atoms with Crippen molar-refractivity contribution in [1.29, 1.82) is 0 Å². The van der Waals surface area contributed by atoms with E-state index in [1.807, 2.05) is 12.1 Å². The van der Waals surface area contributed by atoms with Crippen LogP contribution >= 0.6 is 11.8 Å². The van der Waals surface area contributed by atoms with Gasteiger partial charge in [-0.2, -0.15) is 0 Å². The molecule has 2 rings (SSSR count). The van der Waals surface area contributed by atoms with Gasteiger partial charge in [0.2, 0.25) is 5.91 Å². The number of benzene rings is 1. The molecule has 0 saturated carbocycles. The molecule has 0 bridgehead atoms. The van der Waals surface area contributed by atoms with Crippen molar-refractivity contribution in [2.45, 2.75) is 24.6 Å². The molecule has 1 aromatic carbocycles. The highest BCUT2D eigenvalue weighted by Crippen LogP contribution is 2.26. The lowest BCUT2D eigenvalue weighted by Gasteiger charge is -2.10. The van der Waals surface area contributed by atoms with Crippen molar-refractivity contribution >= 4 is 23.5 Å². The summed E-state index contributed by atoms with van der Waals surface area (Å²) in [5, 5.41) is 14.6. The molecule has 19 heavy (non-hydrogen) atoms. The number of oxime groups is 1. The zero-order chi connectivity index (χ0) is 13.7. The first-order chi connectivity index (χ1) is 9.20. The fraction of sp³-hybridized carbons (Fsp3) is 0.385. The number of amidine groups is 1. The van der Waals surface area contributed by atoms with E-state index in [0.29, 0.717) is 12.1 Å². The Morgan fingerprint density at radius 3 is 3.11 bits per heavy atom. The van der Waals surface area contributed by atoms with Crippen LogP contribution in [0.15, 0.2) is 29.4 Å². The highest BCUT2D eigenvalue weighted by molar-refractivity contribution is 8.00. The van der Waals surface area contributed by atoms with Crippen LogP contribution in [-0.4, -0.2) is 28.0 Å². The summed E-state index contributed by atoms with van der Waals surface area (Å²) in [6.07, 6.45) is 2.07. The molecule has 1 aliphatic rings. The van der Waals surface area contributed by atoms with Gasteiger partial charge in [-0.3, -0.25) is 4.79 Å². The molecule has 0 spiro atoms. The van der Waals surface area contributed by atoms with Crippen molar-refractivity contribution in [3.8, 4) is 0 Å². The first kappa shape index (κ1) is 13.7. The Balaban J connectivity index is 1.94. The zero-order valence-corrected chi connectivity index (χ0v) is 11.3. The zero-order valence-electron chi connectivity index (χ0n) is 10.5. The summed E-state index contributed by atoms with van der Waals surface area (Å²) in [6.45, 7) is 0.461. The number of hydrogen-bond acceptors (Lipinski definition) is 4. The summed E-state index contributed by atoms with van der Waals surface area (Å²) in [5.74, 6) is 1.23. The van der Waals surface area contributed by atoms with Crippen LogP contribution in [0.25, 0.3) is 0 Å². The van der Waals surface area contributed by atoms with Crippen LogP contribution in [-0.2, 0) is 11.3 Å². The van der Waals surface area contributed by atoms with Gasteiger partial charge in [0, 0.05) is 12.1 Å². The smallest absolute Gasteiger partial charge is 0.233 e. The maximum absolute atomic E-state index is 11.9. The molecule has 5 nitrogen and oxygen atoms in total. The van der Waals surface area contributed by atoms with Crippen molar-refractivity contribution in [3.63, 3.8) is 0 Å². The minimum Gasteiger partial charge on any atom is -0.409 e. The Labute approximate surface area is 116 Å². The van der Waals surface area contributed by atoms with Gasteiger partial charge >= 0.3 is 0 Å². The normalized spacial score (nSPS) is 19.4. The number of nitrogens with two attached hydrogens (primary N) is 1. The van der Waals surface area contributed by atoms with Crippen molar-refractivity contribution in [2.75, 3.05) is 5.75 Å². The van der Waals surface area contributed by atoms with Gasteiger partial charge in [0.05, 0.1) is 5.25 Å². The molecule has 1 unspecified atom stereocenters. The Kier molecular flexibility index (Phi) is 4.68. The van der Waals surface area contributed by atoms with Crippen LogP contribution in [0.3, 0.4) is 0 Å². The highest BCUT2D eigenvalue weighted by atomic mass is 32.2. The van der Waals surface area contributed by atoms with Crippen molar-refractivity contribution < 1.29 is 10.0 Å². The van der Waals surface area contributed by atoms with Crippen LogP contribution in [0.2, 0.25) is 0 Å². The largest absolute Gasteiger partial charge is 0.409 e. The lowest BCUT2D eigenvalue weighted by molar-refractivity contribution is -0.120. The second kappa shape index (κ2) is 6.47. The molecular weight excluding hydrogens is 262 g/mol. The summed E-state index contributed by atoms with van der Waals surface area (Å²) in [6, 6.07) is 7.28. The maximum Gasteiger partial charge on any atom is 0.233 e. The summed E-state index contributed by atoms with van der Waals surface area (Å²) >= 11 is 1.71. The molecule has 0 radical (unpaired) electrons. The van der Waals surface area contributed by atoms with Gasteiger partial charge in [-0.25, -0.2) is 0 Å². The molecule has 102 valence electrons. The lowest BCUT2D eigenvalue weighted by Crippen LogP contribution is -2.30. The van der Waals surface area contributed by atoms with E-state index >= 15 is 0 Å². The van der Waals surface area contributed by atoms with Crippen molar-refractivity contribution in [3.05, 3.63) is 35.4 Å². The summed E-state index contributed by atoms with van der Waals surface area (Å²) in [7, 11) is 0. The third kappa shape index (κ3) is 3.64. The first-order valence-electron chi connectivity index (χ1n) is 6.17. The van der Waals surface area contributed by atoms with E-state index in [1.54, 1.807) is 23.9 Å². The molecule has 1 heterocycles. The number of thioether (sulfide) groups is 1. The molecule has 0 aliphatic carbocycles. The third-order valence-electron chi connectivity index (χ3n) is 3.02. The Morgan fingerprint density at radius 2 is 2.42 bits per heavy atom. The maximum atomic E-state index is 11.9. The highest BCUT2D eigenvalue weighted by Gasteiger charge is 2.22. The summed E-state index contributed by atoms with van der Waals surface area (Å²) < 4.78 is 0. The standard InChI is InChI=1S/C13H17N3O2S/c14-12(16-18)10-4-1-3-9(7-10)8-15-13(17)11-5-2-6-19-11/h1,3-4,7,11,18H,2,5-6,8H2,(H2,14,16)(H,15,17). The molecular formula is C13H17N3O2S. The fourth-order valence-corrected chi connectivity index (χ4v) is 3.17. The number of carbonyl (C=O) groups excluding carboxylic acids is 1. The molecule has 6 heteroatoms. The van der Waals surface area contributed by atoms with Crippen molar-refractivity contribution in [1.82, 2.24) is 5.32 Å². The van der Waals surface area contributed by atoms with Gasteiger partial charge in [0.1, 0.15) is 0 Å². The average molecular weight is 279 g/mol. The predicted octanol–water partition coefficient (Wildman–Crippen LogP) is 1.29. The minimum atomic E-state index is 0.0690. The van der Waals surface area contributed by atoms with Gasteiger partial charge in [0.25, 0.3) is 0 Å². The number of hydrogen-bond donors (Lipinski definition) is 3. The van der Waals surface area contributed by atoms with Gasteiger partial charge in [-0.1, -0.05) is 23.4 Å².